The van der Waals surface area contributed by atoms with E-state index in [9.17, 15) is 18.0 Å². The Labute approximate surface area is 99.0 Å². The van der Waals surface area contributed by atoms with Crippen LogP contribution in [-0.2, 0) is 6.18 Å². The summed E-state index contributed by atoms with van der Waals surface area (Å²) < 4.78 is 36.8. The molecule has 0 aliphatic heterocycles. The summed E-state index contributed by atoms with van der Waals surface area (Å²) in [7, 11) is 0. The molecule has 2 aromatic rings. The molecule has 1 amide bonds. The lowest BCUT2D eigenvalue weighted by Gasteiger charge is -2.06. The summed E-state index contributed by atoms with van der Waals surface area (Å²) >= 11 is 0. The quantitative estimate of drug-likeness (QED) is 0.864. The average Bonchev–Trinajstić information content (AvgIpc) is 2.81. The smallest absolute Gasteiger partial charge is 0.319 e. The molecule has 0 aliphatic carbocycles. The molecule has 0 unspecified atom stereocenters. The van der Waals surface area contributed by atoms with Crippen LogP contribution in [0.1, 0.15) is 16.1 Å². The molecule has 8 heteroatoms. The Bertz CT molecular complexity index is 533. The first-order valence-corrected chi connectivity index (χ1v) is 4.80. The van der Waals surface area contributed by atoms with Crippen LogP contribution in [0.2, 0.25) is 0 Å². The van der Waals surface area contributed by atoms with Crippen LogP contribution in [0.3, 0.4) is 0 Å². The normalized spacial score (nSPS) is 11.3. The van der Waals surface area contributed by atoms with E-state index in [4.69, 9.17) is 0 Å². The largest absolute Gasteiger partial charge is 0.433 e. The van der Waals surface area contributed by atoms with E-state index < -0.39 is 17.8 Å². The first-order chi connectivity index (χ1) is 8.47. The Balaban J connectivity index is 2.12. The van der Waals surface area contributed by atoms with Crippen LogP contribution in [0.25, 0.3) is 0 Å². The fourth-order valence-electron chi connectivity index (χ4n) is 1.22. The van der Waals surface area contributed by atoms with Gasteiger partial charge in [-0.05, 0) is 12.1 Å². The minimum absolute atomic E-state index is 0.0317. The Morgan fingerprint density at radius 1 is 1.28 bits per heavy atom. The highest BCUT2D eigenvalue weighted by Gasteiger charge is 2.32. The topological polar surface area (TPSA) is 70.7 Å². The molecular weight excluding hydrogens is 249 g/mol. The van der Waals surface area contributed by atoms with Gasteiger partial charge in [-0.3, -0.25) is 14.9 Å². The number of hydrogen-bond donors (Lipinski definition) is 2. The summed E-state index contributed by atoms with van der Waals surface area (Å²) in [6, 6.07) is 1.82. The van der Waals surface area contributed by atoms with Crippen molar-refractivity contribution in [1.82, 2.24) is 15.2 Å². The van der Waals surface area contributed by atoms with Crippen LogP contribution in [0.4, 0.5) is 18.9 Å². The Morgan fingerprint density at radius 3 is 2.56 bits per heavy atom. The van der Waals surface area contributed by atoms with Gasteiger partial charge in [0.25, 0.3) is 5.91 Å². The standard InChI is InChI=1S/C10H7F3N4O/c11-10(12,13)8-2-1-6(3-14-8)9(18)17-7-4-15-16-5-7/h1-5H,(H,15,16)(H,17,18). The SMILES string of the molecule is O=C(Nc1cn[nH]c1)c1ccc(C(F)(F)F)nc1. The fourth-order valence-corrected chi connectivity index (χ4v) is 1.22. The number of anilines is 1. The predicted octanol–water partition coefficient (Wildman–Crippen LogP) is 2.08. The molecule has 0 radical (unpaired) electrons. The fraction of sp³-hybridized carbons (Fsp3) is 0.100. The molecule has 0 bridgehead atoms. The molecular formula is C10H7F3N4O. The third-order valence-electron chi connectivity index (χ3n) is 2.07. The maximum absolute atomic E-state index is 12.3. The summed E-state index contributed by atoms with van der Waals surface area (Å²) in [5.41, 5.74) is -0.591. The van der Waals surface area contributed by atoms with E-state index in [0.717, 1.165) is 18.3 Å². The number of amides is 1. The Kier molecular flexibility index (Phi) is 3.00. The van der Waals surface area contributed by atoms with Gasteiger partial charge in [0.15, 0.2) is 0 Å². The monoisotopic (exact) mass is 256 g/mol. The number of carbonyl (C=O) groups is 1. The van der Waals surface area contributed by atoms with E-state index in [1.807, 2.05) is 0 Å². The lowest BCUT2D eigenvalue weighted by Crippen LogP contribution is -2.13. The first kappa shape index (κ1) is 12.1. The zero-order chi connectivity index (χ0) is 13.2. The second-order valence-electron chi connectivity index (χ2n) is 3.37. The van der Waals surface area contributed by atoms with E-state index in [1.54, 1.807) is 0 Å². The number of rotatable bonds is 2. The number of H-pyrrole nitrogens is 1. The lowest BCUT2D eigenvalue weighted by atomic mass is 10.2. The number of hydrogen-bond acceptors (Lipinski definition) is 3. The van der Waals surface area contributed by atoms with Gasteiger partial charge in [0, 0.05) is 12.4 Å². The van der Waals surface area contributed by atoms with E-state index in [0.29, 0.717) is 5.69 Å². The lowest BCUT2D eigenvalue weighted by molar-refractivity contribution is -0.141. The van der Waals surface area contributed by atoms with Crippen molar-refractivity contribution >= 4 is 11.6 Å². The van der Waals surface area contributed by atoms with Gasteiger partial charge in [-0.15, -0.1) is 0 Å². The van der Waals surface area contributed by atoms with Crippen molar-refractivity contribution in [3.63, 3.8) is 0 Å². The Hall–Kier alpha value is -2.38. The van der Waals surface area contributed by atoms with Crippen molar-refractivity contribution in [3.05, 3.63) is 42.0 Å². The molecule has 0 saturated heterocycles. The third kappa shape index (κ3) is 2.65. The van der Waals surface area contributed by atoms with Gasteiger partial charge < -0.3 is 5.32 Å². The molecule has 94 valence electrons. The van der Waals surface area contributed by atoms with E-state index >= 15 is 0 Å². The molecule has 0 saturated carbocycles. The van der Waals surface area contributed by atoms with Crippen molar-refractivity contribution in [3.8, 4) is 0 Å². The molecule has 0 fully saturated rings. The number of nitrogens with one attached hydrogen (secondary N) is 2. The number of pyridine rings is 1. The van der Waals surface area contributed by atoms with Gasteiger partial charge in [-0.1, -0.05) is 0 Å². The minimum atomic E-state index is -4.51. The average molecular weight is 256 g/mol. The van der Waals surface area contributed by atoms with E-state index in [1.165, 1.54) is 12.4 Å². The molecule has 2 heterocycles. The van der Waals surface area contributed by atoms with Crippen molar-refractivity contribution < 1.29 is 18.0 Å². The van der Waals surface area contributed by atoms with Gasteiger partial charge in [0.1, 0.15) is 5.69 Å². The molecule has 0 spiro atoms. The number of nitrogens with zero attached hydrogens (tertiary/aromatic N) is 2. The number of alkyl halides is 3. The van der Waals surface area contributed by atoms with Crippen LogP contribution >= 0.6 is 0 Å². The molecule has 0 aliphatic rings. The zero-order valence-electron chi connectivity index (χ0n) is 8.82. The van der Waals surface area contributed by atoms with Gasteiger partial charge in [-0.25, -0.2) is 0 Å². The van der Waals surface area contributed by atoms with Gasteiger partial charge in [-0.2, -0.15) is 18.3 Å². The van der Waals surface area contributed by atoms with Gasteiger partial charge >= 0.3 is 6.18 Å². The highest BCUT2D eigenvalue weighted by atomic mass is 19.4. The summed E-state index contributed by atoms with van der Waals surface area (Å²) in [6.07, 6.45) is -0.831. The first-order valence-electron chi connectivity index (χ1n) is 4.80. The van der Waals surface area contributed by atoms with Crippen molar-refractivity contribution in [1.29, 1.82) is 0 Å². The van der Waals surface area contributed by atoms with Crippen LogP contribution in [0.5, 0.6) is 0 Å². The molecule has 0 atom stereocenters. The van der Waals surface area contributed by atoms with E-state index in [-0.39, 0.29) is 5.56 Å². The van der Waals surface area contributed by atoms with Crippen molar-refractivity contribution in [2.45, 2.75) is 6.18 Å². The Morgan fingerprint density at radius 2 is 2.06 bits per heavy atom. The third-order valence-corrected chi connectivity index (χ3v) is 2.07. The highest BCUT2D eigenvalue weighted by Crippen LogP contribution is 2.27. The van der Waals surface area contributed by atoms with Crippen LogP contribution in [0, 0.1) is 0 Å². The predicted molar refractivity (Wildman–Crippen MR) is 55.8 cm³/mol. The maximum Gasteiger partial charge on any atom is 0.433 e. The second kappa shape index (κ2) is 4.47. The van der Waals surface area contributed by atoms with Crippen LogP contribution in [-0.4, -0.2) is 21.1 Å². The summed E-state index contributed by atoms with van der Waals surface area (Å²) in [5.74, 6) is -0.558. The van der Waals surface area contributed by atoms with Gasteiger partial charge in [0.05, 0.1) is 17.4 Å². The van der Waals surface area contributed by atoms with Crippen LogP contribution < -0.4 is 5.32 Å². The van der Waals surface area contributed by atoms with E-state index in [2.05, 4.69) is 20.5 Å². The van der Waals surface area contributed by atoms with Gasteiger partial charge in [0.2, 0.25) is 0 Å². The number of carbonyl (C=O) groups excluding carboxylic acids is 1. The summed E-state index contributed by atoms with van der Waals surface area (Å²) in [6.45, 7) is 0. The molecule has 0 aromatic carbocycles. The summed E-state index contributed by atoms with van der Waals surface area (Å²) in [5, 5.41) is 8.54. The zero-order valence-corrected chi connectivity index (χ0v) is 8.82. The second-order valence-corrected chi connectivity index (χ2v) is 3.37. The number of halogens is 3. The summed E-state index contributed by atoms with van der Waals surface area (Å²) in [4.78, 5) is 14.8. The van der Waals surface area contributed by atoms with Crippen LogP contribution in [0.15, 0.2) is 30.7 Å². The molecule has 2 N–H and O–H groups in total. The minimum Gasteiger partial charge on any atom is -0.319 e. The van der Waals surface area contributed by atoms with Crippen molar-refractivity contribution in [2.75, 3.05) is 5.32 Å². The number of aromatic amines is 1. The molecule has 2 rings (SSSR count). The molecule has 2 aromatic heterocycles. The maximum atomic E-state index is 12.3. The number of aromatic nitrogens is 3. The molecule has 5 nitrogen and oxygen atoms in total. The highest BCUT2D eigenvalue weighted by molar-refractivity contribution is 6.03. The molecule has 18 heavy (non-hydrogen) atoms. The van der Waals surface area contributed by atoms with Crippen molar-refractivity contribution in [2.24, 2.45) is 0 Å².